The predicted octanol–water partition coefficient (Wildman–Crippen LogP) is 8.05. The number of rotatable bonds is 5. The highest BCUT2D eigenvalue weighted by molar-refractivity contribution is 5.16. The molecule has 0 spiro atoms. The first kappa shape index (κ1) is 31.1. The maximum absolute atomic E-state index is 2.31. The van der Waals surface area contributed by atoms with E-state index in [1.807, 2.05) is 20.8 Å². The Hall–Kier alpha value is -0.520. The van der Waals surface area contributed by atoms with Crippen LogP contribution in [0.3, 0.4) is 0 Å². The molecule has 1 atom stereocenters. The Kier molecular flexibility index (Phi) is 49.9. The molecule has 0 aliphatic rings. The highest BCUT2D eigenvalue weighted by Crippen LogP contribution is 2.07. The Balaban J connectivity index is -0.0000000558. The van der Waals surface area contributed by atoms with Gasteiger partial charge in [0.1, 0.15) is 0 Å². The van der Waals surface area contributed by atoms with Gasteiger partial charge in [-0.2, -0.15) is 0 Å². The third-order valence-electron chi connectivity index (χ3n) is 2.64. The van der Waals surface area contributed by atoms with Crippen LogP contribution in [0.5, 0.6) is 0 Å². The minimum absolute atomic E-state index is 0. The Morgan fingerprint density at radius 1 is 1.00 bits per heavy atom. The summed E-state index contributed by atoms with van der Waals surface area (Å²) in [6.07, 6.45) is 11.6. The second kappa shape index (κ2) is 30.5. The summed E-state index contributed by atoms with van der Waals surface area (Å²) in [7, 11) is 0. The maximum atomic E-state index is 2.31. The minimum atomic E-state index is 0. The SMILES string of the molecule is C.C.C/C=C\C(=C/C)CC.CC.CCCC(C)CC. The van der Waals surface area contributed by atoms with Crippen molar-refractivity contribution in [1.82, 2.24) is 0 Å². The van der Waals surface area contributed by atoms with Crippen LogP contribution in [0.15, 0.2) is 23.8 Å². The molecule has 1 unspecified atom stereocenters. The van der Waals surface area contributed by atoms with Gasteiger partial charge in [-0.3, -0.25) is 0 Å². The molecule has 0 nitrogen and oxygen atoms in total. The fourth-order valence-corrected chi connectivity index (χ4v) is 1.33. The van der Waals surface area contributed by atoms with Gasteiger partial charge in [0.15, 0.2) is 0 Å². The molecule has 0 N–H and O–H groups in total. The first-order valence-electron chi connectivity index (χ1n) is 7.43. The quantitative estimate of drug-likeness (QED) is 0.444. The van der Waals surface area contributed by atoms with Gasteiger partial charge >= 0.3 is 0 Å². The van der Waals surface area contributed by atoms with Crippen LogP contribution >= 0.6 is 0 Å². The van der Waals surface area contributed by atoms with E-state index in [0.717, 1.165) is 12.3 Å². The smallest absolute Gasteiger partial charge is 0.0311 e. The minimum Gasteiger partial charge on any atom is -0.0874 e. The van der Waals surface area contributed by atoms with E-state index < -0.39 is 0 Å². The zero-order valence-corrected chi connectivity index (χ0v) is 13.6. The second-order valence-corrected chi connectivity index (χ2v) is 4.02. The molecule has 0 aromatic heterocycles. The Labute approximate surface area is 126 Å². The molecule has 0 aromatic carbocycles. The van der Waals surface area contributed by atoms with Crippen LogP contribution in [0.4, 0.5) is 0 Å². The van der Waals surface area contributed by atoms with E-state index in [2.05, 4.69) is 52.8 Å². The summed E-state index contributed by atoms with van der Waals surface area (Å²) in [4.78, 5) is 0. The van der Waals surface area contributed by atoms with Crippen molar-refractivity contribution in [2.45, 2.75) is 95.9 Å². The van der Waals surface area contributed by atoms with Crippen molar-refractivity contribution < 1.29 is 0 Å². The van der Waals surface area contributed by atoms with E-state index in [1.54, 1.807) is 0 Å². The molecule has 0 amide bonds. The Morgan fingerprint density at radius 3 is 1.58 bits per heavy atom. The van der Waals surface area contributed by atoms with Crippen molar-refractivity contribution in [2.24, 2.45) is 5.92 Å². The number of allylic oxidation sites excluding steroid dienone is 4. The average Bonchev–Trinajstić information content (AvgIpc) is 2.39. The molecule has 0 saturated heterocycles. The van der Waals surface area contributed by atoms with Gasteiger partial charge in [-0.05, 0) is 26.2 Å². The first-order chi connectivity index (χ1) is 8.15. The van der Waals surface area contributed by atoms with Crippen molar-refractivity contribution >= 4 is 0 Å². The molecular weight excluding hydrogens is 228 g/mol. The van der Waals surface area contributed by atoms with Crippen LogP contribution in [-0.4, -0.2) is 0 Å². The van der Waals surface area contributed by atoms with Gasteiger partial charge in [-0.15, -0.1) is 0 Å². The lowest BCUT2D eigenvalue weighted by Crippen LogP contribution is -1.88. The summed E-state index contributed by atoms with van der Waals surface area (Å²) >= 11 is 0. The molecular formula is C19H44. The lowest BCUT2D eigenvalue weighted by molar-refractivity contribution is 0.509. The monoisotopic (exact) mass is 272 g/mol. The molecule has 120 valence electrons. The summed E-state index contributed by atoms with van der Waals surface area (Å²) in [6, 6.07) is 0. The van der Waals surface area contributed by atoms with Crippen molar-refractivity contribution in [3.8, 4) is 0 Å². The van der Waals surface area contributed by atoms with E-state index >= 15 is 0 Å². The lowest BCUT2D eigenvalue weighted by atomic mass is 10.0. The van der Waals surface area contributed by atoms with Gasteiger partial charge in [-0.25, -0.2) is 0 Å². The Morgan fingerprint density at radius 2 is 1.47 bits per heavy atom. The van der Waals surface area contributed by atoms with Crippen molar-refractivity contribution in [3.63, 3.8) is 0 Å². The highest BCUT2D eigenvalue weighted by atomic mass is 14.0. The van der Waals surface area contributed by atoms with Crippen molar-refractivity contribution in [2.75, 3.05) is 0 Å². The van der Waals surface area contributed by atoms with Crippen molar-refractivity contribution in [3.05, 3.63) is 23.8 Å². The maximum Gasteiger partial charge on any atom is -0.0311 e. The number of hydrogen-bond donors (Lipinski definition) is 0. The van der Waals surface area contributed by atoms with Crippen LogP contribution < -0.4 is 0 Å². The van der Waals surface area contributed by atoms with E-state index in [0.29, 0.717) is 0 Å². The van der Waals surface area contributed by atoms with Gasteiger partial charge in [0.2, 0.25) is 0 Å². The molecule has 19 heavy (non-hydrogen) atoms. The van der Waals surface area contributed by atoms with E-state index in [9.17, 15) is 0 Å². The third-order valence-corrected chi connectivity index (χ3v) is 2.64. The lowest BCUT2D eigenvalue weighted by Gasteiger charge is -2.02. The summed E-state index contributed by atoms with van der Waals surface area (Å²) in [5, 5.41) is 0. The first-order valence-corrected chi connectivity index (χ1v) is 7.43. The van der Waals surface area contributed by atoms with Crippen LogP contribution in [0.1, 0.15) is 95.9 Å². The fraction of sp³-hybridized carbons (Fsp3) is 0.789. The molecule has 0 rings (SSSR count). The Bertz CT molecular complexity index is 160. The molecule has 0 aliphatic carbocycles. The predicted molar refractivity (Wildman–Crippen MR) is 98.0 cm³/mol. The van der Waals surface area contributed by atoms with Gasteiger partial charge in [0.05, 0.1) is 0 Å². The van der Waals surface area contributed by atoms with Gasteiger partial charge in [0, 0.05) is 0 Å². The fourth-order valence-electron chi connectivity index (χ4n) is 1.33. The van der Waals surface area contributed by atoms with Gasteiger partial charge in [-0.1, -0.05) is 99.5 Å². The van der Waals surface area contributed by atoms with E-state index in [-0.39, 0.29) is 14.9 Å². The average molecular weight is 273 g/mol. The normalized spacial score (nSPS) is 11.1. The number of hydrogen-bond acceptors (Lipinski definition) is 0. The third kappa shape index (κ3) is 31.8. The molecule has 0 aromatic rings. The molecule has 0 radical (unpaired) electrons. The summed E-state index contributed by atoms with van der Waals surface area (Å²) in [5.41, 5.74) is 1.41. The molecule has 0 fully saturated rings. The molecule has 0 heterocycles. The van der Waals surface area contributed by atoms with Crippen LogP contribution in [-0.2, 0) is 0 Å². The van der Waals surface area contributed by atoms with Crippen LogP contribution in [0.25, 0.3) is 0 Å². The molecule has 0 heteroatoms. The standard InChI is InChI=1S/C8H14.C7H16.C2H6.2CH4/c1-4-7-8(5-2)6-3;1-4-6-7(3)5-2;1-2;;/h4-5,7H,6H2,1-3H3;7H,4-6H2,1-3H3;1-2H3;2*1H4/b7-4-,8-5-;;;;. The molecule has 0 aliphatic heterocycles. The zero-order valence-electron chi connectivity index (χ0n) is 13.6. The molecule has 0 bridgehead atoms. The largest absolute Gasteiger partial charge is 0.0874 e. The molecule has 0 saturated carbocycles. The summed E-state index contributed by atoms with van der Waals surface area (Å²) in [5.74, 6) is 0.949. The topological polar surface area (TPSA) is 0 Å². The second-order valence-electron chi connectivity index (χ2n) is 4.02. The van der Waals surface area contributed by atoms with Gasteiger partial charge in [0.25, 0.3) is 0 Å². The van der Waals surface area contributed by atoms with E-state index in [1.165, 1.54) is 24.8 Å². The summed E-state index contributed by atoms with van der Waals surface area (Å²) < 4.78 is 0. The zero-order chi connectivity index (χ0) is 14.1. The highest BCUT2D eigenvalue weighted by Gasteiger charge is 1.92. The van der Waals surface area contributed by atoms with Crippen molar-refractivity contribution in [1.29, 1.82) is 0 Å². The van der Waals surface area contributed by atoms with Crippen LogP contribution in [0.2, 0.25) is 0 Å². The van der Waals surface area contributed by atoms with E-state index in [4.69, 9.17) is 0 Å². The van der Waals surface area contributed by atoms with Crippen LogP contribution in [0, 0.1) is 5.92 Å². The van der Waals surface area contributed by atoms with Gasteiger partial charge < -0.3 is 0 Å². The summed E-state index contributed by atoms with van der Waals surface area (Å²) in [6.45, 7) is 17.1.